The number of rotatable bonds is 5. The molecule has 0 aliphatic rings. The zero-order valence-corrected chi connectivity index (χ0v) is 11.8. The monoisotopic (exact) mass is 269 g/mol. The molecule has 0 saturated heterocycles. The average molecular weight is 270 g/mol. The van der Waals surface area contributed by atoms with Crippen LogP contribution in [0.4, 0.5) is 5.69 Å². The third kappa shape index (κ3) is 3.29. The number of oxime groups is 1. The first-order valence-corrected chi connectivity index (χ1v) is 6.39. The van der Waals surface area contributed by atoms with Crippen molar-refractivity contribution in [3.8, 4) is 0 Å². The van der Waals surface area contributed by atoms with E-state index in [1.807, 2.05) is 13.1 Å². The van der Waals surface area contributed by atoms with Gasteiger partial charge in [-0.1, -0.05) is 30.1 Å². The van der Waals surface area contributed by atoms with E-state index in [9.17, 15) is 0 Å². The number of halogens is 1. The number of benzene rings is 1. The van der Waals surface area contributed by atoms with Gasteiger partial charge in [0.05, 0.1) is 0 Å². The summed E-state index contributed by atoms with van der Waals surface area (Å²) >= 11 is 5.95. The lowest BCUT2D eigenvalue weighted by Crippen LogP contribution is -2.31. The summed E-state index contributed by atoms with van der Waals surface area (Å²) in [6.45, 7) is 4.30. The van der Waals surface area contributed by atoms with Gasteiger partial charge in [-0.05, 0) is 31.5 Å². The Morgan fingerprint density at radius 3 is 2.78 bits per heavy atom. The van der Waals surface area contributed by atoms with Crippen molar-refractivity contribution in [2.45, 2.75) is 32.7 Å². The average Bonchev–Trinajstić information content (AvgIpc) is 2.37. The topological polar surface area (TPSA) is 61.8 Å². The molecule has 5 heteroatoms. The predicted octanol–water partition coefficient (Wildman–Crippen LogP) is 3.06. The molecule has 18 heavy (non-hydrogen) atoms. The lowest BCUT2D eigenvalue weighted by atomic mass is 10.1. The first-order chi connectivity index (χ1) is 8.51. The number of hydrogen-bond donors (Lipinski definition) is 2. The normalized spacial score (nSPS) is 13.4. The highest BCUT2D eigenvalue weighted by Gasteiger charge is 2.15. The minimum atomic E-state index is 0.0723. The van der Waals surface area contributed by atoms with Crippen LogP contribution in [0.2, 0.25) is 5.02 Å². The Balaban J connectivity index is 3.15. The molecule has 0 bridgehead atoms. The molecule has 0 heterocycles. The molecule has 0 fully saturated rings. The highest BCUT2D eigenvalue weighted by Crippen LogP contribution is 2.25. The highest BCUT2D eigenvalue weighted by atomic mass is 35.5. The molecule has 0 saturated carbocycles. The molecule has 0 aliphatic carbocycles. The van der Waals surface area contributed by atoms with E-state index in [1.54, 1.807) is 12.1 Å². The van der Waals surface area contributed by atoms with Crippen LogP contribution in [-0.2, 0) is 0 Å². The fourth-order valence-corrected chi connectivity index (χ4v) is 2.10. The third-order valence-electron chi connectivity index (χ3n) is 3.09. The van der Waals surface area contributed by atoms with Crippen molar-refractivity contribution in [1.29, 1.82) is 0 Å². The van der Waals surface area contributed by atoms with Crippen molar-refractivity contribution in [1.82, 2.24) is 0 Å². The molecule has 1 aromatic rings. The van der Waals surface area contributed by atoms with Crippen LogP contribution in [0.25, 0.3) is 0 Å². The van der Waals surface area contributed by atoms with Gasteiger partial charge in [0.1, 0.15) is 0 Å². The summed E-state index contributed by atoms with van der Waals surface area (Å²) in [4.78, 5) is 2.12. The van der Waals surface area contributed by atoms with Crippen LogP contribution in [0.3, 0.4) is 0 Å². The first-order valence-electron chi connectivity index (χ1n) is 6.01. The van der Waals surface area contributed by atoms with E-state index in [0.29, 0.717) is 16.6 Å². The first kappa shape index (κ1) is 14.6. The van der Waals surface area contributed by atoms with Crippen molar-refractivity contribution in [2.24, 2.45) is 10.9 Å². The minimum absolute atomic E-state index is 0.0723. The largest absolute Gasteiger partial charge is 0.409 e. The predicted molar refractivity (Wildman–Crippen MR) is 76.7 cm³/mol. The summed E-state index contributed by atoms with van der Waals surface area (Å²) in [7, 11) is 2.00. The van der Waals surface area contributed by atoms with Crippen LogP contribution in [0, 0.1) is 0 Å². The second-order valence-electron chi connectivity index (χ2n) is 4.40. The van der Waals surface area contributed by atoms with Gasteiger partial charge < -0.3 is 15.8 Å². The van der Waals surface area contributed by atoms with Crippen LogP contribution < -0.4 is 10.6 Å². The fourth-order valence-electron chi connectivity index (χ4n) is 1.92. The van der Waals surface area contributed by atoms with E-state index in [0.717, 1.165) is 18.5 Å². The van der Waals surface area contributed by atoms with E-state index >= 15 is 0 Å². The minimum Gasteiger partial charge on any atom is -0.409 e. The van der Waals surface area contributed by atoms with E-state index < -0.39 is 0 Å². The van der Waals surface area contributed by atoms with Gasteiger partial charge >= 0.3 is 0 Å². The highest BCUT2D eigenvalue weighted by molar-refractivity contribution is 6.31. The molecule has 1 rings (SSSR count). The zero-order valence-electron chi connectivity index (χ0n) is 11.0. The van der Waals surface area contributed by atoms with E-state index in [1.165, 1.54) is 0 Å². The van der Waals surface area contributed by atoms with E-state index in [4.69, 9.17) is 22.5 Å². The van der Waals surface area contributed by atoms with Gasteiger partial charge in [0.25, 0.3) is 0 Å². The van der Waals surface area contributed by atoms with Gasteiger partial charge in [-0.3, -0.25) is 0 Å². The van der Waals surface area contributed by atoms with Gasteiger partial charge in [-0.15, -0.1) is 0 Å². The maximum absolute atomic E-state index is 8.83. The summed E-state index contributed by atoms with van der Waals surface area (Å²) in [6, 6.07) is 5.78. The molecule has 0 radical (unpaired) electrons. The number of amidine groups is 1. The smallest absolute Gasteiger partial charge is 0.172 e. The number of nitrogens with zero attached hydrogens (tertiary/aromatic N) is 2. The number of nitrogens with two attached hydrogens (primary N) is 1. The van der Waals surface area contributed by atoms with Crippen molar-refractivity contribution < 1.29 is 5.21 Å². The molecular weight excluding hydrogens is 250 g/mol. The summed E-state index contributed by atoms with van der Waals surface area (Å²) < 4.78 is 0. The standard InChI is InChI=1S/C13H20ClN3O/c1-4-5-9(2)17(3)12-7-6-10(14)8-11(12)13(15)16-18/h6-9,18H,4-5H2,1-3H3,(H2,15,16). The lowest BCUT2D eigenvalue weighted by molar-refractivity contribution is 0.318. The van der Waals surface area contributed by atoms with Crippen LogP contribution >= 0.6 is 11.6 Å². The molecular formula is C13H20ClN3O. The molecule has 4 nitrogen and oxygen atoms in total. The van der Waals surface area contributed by atoms with Crippen molar-refractivity contribution in [3.05, 3.63) is 28.8 Å². The van der Waals surface area contributed by atoms with Crippen LogP contribution in [-0.4, -0.2) is 24.1 Å². The molecule has 1 aromatic carbocycles. The summed E-state index contributed by atoms with van der Waals surface area (Å²) in [5.41, 5.74) is 7.25. The van der Waals surface area contributed by atoms with Crippen LogP contribution in [0.5, 0.6) is 0 Å². The third-order valence-corrected chi connectivity index (χ3v) is 3.32. The Hall–Kier alpha value is -1.42. The maximum Gasteiger partial charge on any atom is 0.172 e. The molecule has 100 valence electrons. The molecule has 0 aliphatic heterocycles. The second kappa shape index (κ2) is 6.50. The number of anilines is 1. The Kier molecular flexibility index (Phi) is 5.28. The molecule has 1 unspecified atom stereocenters. The van der Waals surface area contributed by atoms with Crippen molar-refractivity contribution in [2.75, 3.05) is 11.9 Å². The molecule has 0 amide bonds. The van der Waals surface area contributed by atoms with Gasteiger partial charge in [0, 0.05) is 29.4 Å². The van der Waals surface area contributed by atoms with Gasteiger partial charge in [-0.2, -0.15) is 0 Å². The Morgan fingerprint density at radius 2 is 2.22 bits per heavy atom. The van der Waals surface area contributed by atoms with Crippen molar-refractivity contribution >= 4 is 23.1 Å². The fraction of sp³-hybridized carbons (Fsp3) is 0.462. The number of hydrogen-bond acceptors (Lipinski definition) is 3. The molecule has 0 spiro atoms. The molecule has 0 aromatic heterocycles. The van der Waals surface area contributed by atoms with Gasteiger partial charge in [-0.25, -0.2) is 0 Å². The van der Waals surface area contributed by atoms with Crippen LogP contribution in [0.1, 0.15) is 32.3 Å². The van der Waals surface area contributed by atoms with Gasteiger partial charge in [0.2, 0.25) is 0 Å². The quantitative estimate of drug-likeness (QED) is 0.374. The second-order valence-corrected chi connectivity index (χ2v) is 4.83. The Labute approximate surface area is 113 Å². The Bertz CT molecular complexity index is 434. The Morgan fingerprint density at radius 1 is 1.56 bits per heavy atom. The van der Waals surface area contributed by atoms with E-state index in [-0.39, 0.29) is 5.84 Å². The SMILES string of the molecule is CCCC(C)N(C)c1ccc(Cl)cc1C(N)=NO. The molecule has 1 atom stereocenters. The maximum atomic E-state index is 8.83. The summed E-state index contributed by atoms with van der Waals surface area (Å²) in [6.07, 6.45) is 2.19. The van der Waals surface area contributed by atoms with Crippen LogP contribution in [0.15, 0.2) is 23.4 Å². The summed E-state index contributed by atoms with van der Waals surface area (Å²) in [5, 5.41) is 12.5. The van der Waals surface area contributed by atoms with Gasteiger partial charge in [0.15, 0.2) is 5.84 Å². The zero-order chi connectivity index (χ0) is 13.7. The summed E-state index contributed by atoms with van der Waals surface area (Å²) in [5.74, 6) is 0.0723. The van der Waals surface area contributed by atoms with Crippen molar-refractivity contribution in [3.63, 3.8) is 0 Å². The lowest BCUT2D eigenvalue weighted by Gasteiger charge is -2.28. The van der Waals surface area contributed by atoms with E-state index in [2.05, 4.69) is 23.9 Å². The molecule has 3 N–H and O–H groups in total.